The highest BCUT2D eigenvalue weighted by Gasteiger charge is 2.44. The molecular formula is C22H30O6. The molecule has 1 aromatic carbocycles. The molecule has 1 aromatic rings. The van der Waals surface area contributed by atoms with Crippen molar-refractivity contribution in [3.63, 3.8) is 0 Å². The third-order valence-electron chi connectivity index (χ3n) is 6.02. The largest absolute Gasteiger partial charge is 0.481 e. The molecule has 0 bridgehead atoms. The van der Waals surface area contributed by atoms with E-state index in [1.807, 2.05) is 18.2 Å². The fourth-order valence-electron chi connectivity index (χ4n) is 4.42. The molecule has 3 rings (SSSR count). The number of carbonyl (C=O) groups excluding carboxylic acids is 1. The molecule has 0 aromatic heterocycles. The monoisotopic (exact) mass is 390 g/mol. The van der Waals surface area contributed by atoms with E-state index in [9.17, 15) is 14.7 Å². The molecule has 2 aliphatic rings. The molecule has 2 aliphatic carbocycles. The van der Waals surface area contributed by atoms with Crippen LogP contribution in [0.4, 0.5) is 0 Å². The molecule has 0 spiro atoms. The van der Waals surface area contributed by atoms with E-state index in [0.717, 1.165) is 32.1 Å². The van der Waals surface area contributed by atoms with E-state index >= 15 is 0 Å². The average Bonchev–Trinajstić information content (AvgIpc) is 3.33. The first-order chi connectivity index (χ1) is 13.5. The van der Waals surface area contributed by atoms with Gasteiger partial charge < -0.3 is 19.3 Å². The zero-order valence-corrected chi connectivity index (χ0v) is 16.6. The number of carbonyl (C=O) groups is 2. The quantitative estimate of drug-likeness (QED) is 0.375. The molecule has 0 saturated heterocycles. The van der Waals surface area contributed by atoms with Gasteiger partial charge in [-0.15, -0.1) is 0 Å². The highest BCUT2D eigenvalue weighted by molar-refractivity contribution is 5.79. The second-order valence-corrected chi connectivity index (χ2v) is 7.97. The van der Waals surface area contributed by atoms with Crippen LogP contribution in [-0.4, -0.2) is 44.0 Å². The van der Waals surface area contributed by atoms with Crippen molar-refractivity contribution >= 4 is 11.9 Å². The third-order valence-corrected chi connectivity index (χ3v) is 6.02. The molecule has 0 unspecified atom stereocenters. The van der Waals surface area contributed by atoms with Gasteiger partial charge in [0.25, 0.3) is 0 Å². The number of aliphatic carboxylic acids is 1. The van der Waals surface area contributed by atoms with Crippen LogP contribution in [0.25, 0.3) is 0 Å². The number of hydrogen-bond donors (Lipinski definition) is 1. The van der Waals surface area contributed by atoms with Gasteiger partial charge in [0, 0.05) is 7.11 Å². The smallest absolute Gasteiger partial charge is 0.316 e. The zero-order chi connectivity index (χ0) is 20.0. The summed E-state index contributed by atoms with van der Waals surface area (Å²) in [6.07, 6.45) is 6.41. The minimum atomic E-state index is -0.855. The van der Waals surface area contributed by atoms with Crippen LogP contribution in [-0.2, 0) is 31.9 Å². The van der Waals surface area contributed by atoms with Gasteiger partial charge in [-0.05, 0) is 61.8 Å². The Hall–Kier alpha value is -1.92. The van der Waals surface area contributed by atoms with Crippen LogP contribution in [0.1, 0.15) is 49.7 Å². The lowest BCUT2D eigenvalue weighted by Gasteiger charge is -2.28. The first-order valence-corrected chi connectivity index (χ1v) is 10.2. The van der Waals surface area contributed by atoms with Gasteiger partial charge in [-0.2, -0.15) is 0 Å². The molecule has 28 heavy (non-hydrogen) atoms. The summed E-state index contributed by atoms with van der Waals surface area (Å²) in [6.45, 7) is 0.929. The summed E-state index contributed by atoms with van der Waals surface area (Å²) in [5.41, 5.74) is 1.69. The topological polar surface area (TPSA) is 82.1 Å². The first kappa shape index (κ1) is 20.8. The highest BCUT2D eigenvalue weighted by atomic mass is 16.5. The predicted molar refractivity (Wildman–Crippen MR) is 103 cm³/mol. The second kappa shape index (κ2) is 9.52. The molecule has 1 N–H and O–H groups in total. The molecule has 1 fully saturated rings. The molecule has 0 amide bonds. The number of rotatable bonds is 10. The number of methoxy groups -OCH3 is 1. The van der Waals surface area contributed by atoms with Gasteiger partial charge in [0.2, 0.25) is 0 Å². The summed E-state index contributed by atoms with van der Waals surface area (Å²) in [5.74, 6) is -1.32. The van der Waals surface area contributed by atoms with Crippen LogP contribution in [0, 0.1) is 11.3 Å². The maximum absolute atomic E-state index is 12.9. The summed E-state index contributed by atoms with van der Waals surface area (Å²) in [5, 5.41) is 9.79. The van der Waals surface area contributed by atoms with Crippen molar-refractivity contribution in [1.82, 2.24) is 0 Å². The Morgan fingerprint density at radius 2 is 1.86 bits per heavy atom. The standard InChI is InChI=1S/C22H30O6/c1-26-11-12-27-15-18(14-22(21(24)25)9-2-3-10-22)20(23)28-19-8-7-16-5-4-6-17(16)13-19/h7-8,13,18H,2-6,9-12,14-15H2,1H3,(H,24,25)/t18-/m0/s1. The second-order valence-electron chi connectivity index (χ2n) is 7.97. The maximum Gasteiger partial charge on any atom is 0.316 e. The Kier molecular flexibility index (Phi) is 7.08. The van der Waals surface area contributed by atoms with Crippen molar-refractivity contribution in [1.29, 1.82) is 0 Å². The van der Waals surface area contributed by atoms with Crippen LogP contribution in [0.3, 0.4) is 0 Å². The number of carboxylic acids is 1. The number of benzene rings is 1. The van der Waals surface area contributed by atoms with Gasteiger partial charge in [0.1, 0.15) is 5.75 Å². The number of fused-ring (bicyclic) bond motifs is 1. The van der Waals surface area contributed by atoms with Crippen molar-refractivity contribution in [3.8, 4) is 5.75 Å². The average molecular weight is 390 g/mol. The lowest BCUT2D eigenvalue weighted by Crippen LogP contribution is -2.36. The minimum Gasteiger partial charge on any atom is -0.481 e. The summed E-state index contributed by atoms with van der Waals surface area (Å²) in [4.78, 5) is 24.8. The number of hydrogen-bond acceptors (Lipinski definition) is 5. The van der Waals surface area contributed by atoms with Crippen LogP contribution < -0.4 is 4.74 Å². The highest BCUT2D eigenvalue weighted by Crippen LogP contribution is 2.43. The Balaban J connectivity index is 1.69. The third kappa shape index (κ3) is 4.92. The van der Waals surface area contributed by atoms with E-state index in [-0.39, 0.29) is 13.0 Å². The molecule has 0 radical (unpaired) electrons. The number of carboxylic acid groups (broad SMARTS) is 1. The Labute approximate surface area is 166 Å². The lowest BCUT2D eigenvalue weighted by atomic mass is 9.78. The van der Waals surface area contributed by atoms with Crippen molar-refractivity contribution < 1.29 is 28.9 Å². The van der Waals surface area contributed by atoms with Crippen molar-refractivity contribution in [2.45, 2.75) is 51.4 Å². The minimum absolute atomic E-state index is 0.141. The van der Waals surface area contributed by atoms with E-state index < -0.39 is 23.3 Å². The molecule has 0 heterocycles. The fraction of sp³-hybridized carbons (Fsp3) is 0.636. The first-order valence-electron chi connectivity index (χ1n) is 10.2. The van der Waals surface area contributed by atoms with E-state index in [1.165, 1.54) is 11.1 Å². The maximum atomic E-state index is 12.9. The molecular weight excluding hydrogens is 360 g/mol. The lowest BCUT2D eigenvalue weighted by molar-refractivity contribution is -0.153. The van der Waals surface area contributed by atoms with E-state index in [2.05, 4.69) is 0 Å². The number of ether oxygens (including phenoxy) is 3. The Bertz CT molecular complexity index is 692. The summed E-state index contributed by atoms with van der Waals surface area (Å²) < 4.78 is 16.2. The predicted octanol–water partition coefficient (Wildman–Crippen LogP) is 3.40. The van der Waals surface area contributed by atoms with E-state index in [0.29, 0.717) is 31.8 Å². The Morgan fingerprint density at radius 1 is 1.11 bits per heavy atom. The van der Waals surface area contributed by atoms with Crippen molar-refractivity contribution in [2.24, 2.45) is 11.3 Å². The fourth-order valence-corrected chi connectivity index (χ4v) is 4.42. The number of esters is 1. The van der Waals surface area contributed by atoms with Gasteiger partial charge in [-0.3, -0.25) is 9.59 Å². The zero-order valence-electron chi connectivity index (χ0n) is 16.6. The number of aryl methyl sites for hydroxylation is 2. The van der Waals surface area contributed by atoms with Crippen molar-refractivity contribution in [3.05, 3.63) is 29.3 Å². The van der Waals surface area contributed by atoms with Gasteiger partial charge in [-0.1, -0.05) is 18.9 Å². The molecule has 154 valence electrons. The summed E-state index contributed by atoms with van der Waals surface area (Å²) in [7, 11) is 1.58. The summed E-state index contributed by atoms with van der Waals surface area (Å²) >= 11 is 0. The van der Waals surface area contributed by atoms with Gasteiger partial charge >= 0.3 is 11.9 Å². The molecule has 1 saturated carbocycles. The SMILES string of the molecule is COCCOC[C@H](CC1(C(=O)O)CCCC1)C(=O)Oc1ccc2c(c1)CCC2. The molecule has 0 aliphatic heterocycles. The van der Waals surface area contributed by atoms with Gasteiger partial charge in [-0.25, -0.2) is 0 Å². The normalized spacial score (nSPS) is 18.6. The van der Waals surface area contributed by atoms with E-state index in [4.69, 9.17) is 14.2 Å². The Morgan fingerprint density at radius 3 is 2.57 bits per heavy atom. The summed E-state index contributed by atoms with van der Waals surface area (Å²) in [6, 6.07) is 5.78. The van der Waals surface area contributed by atoms with Crippen molar-refractivity contribution in [2.75, 3.05) is 26.9 Å². The van der Waals surface area contributed by atoms with Gasteiger partial charge in [0.05, 0.1) is 31.2 Å². The van der Waals surface area contributed by atoms with Crippen LogP contribution in [0.15, 0.2) is 18.2 Å². The molecule has 6 nitrogen and oxygen atoms in total. The van der Waals surface area contributed by atoms with E-state index in [1.54, 1.807) is 7.11 Å². The van der Waals surface area contributed by atoms with Gasteiger partial charge in [0.15, 0.2) is 0 Å². The molecule has 6 heteroatoms. The van der Waals surface area contributed by atoms with Crippen LogP contribution in [0.2, 0.25) is 0 Å². The molecule has 1 atom stereocenters. The van der Waals surface area contributed by atoms with Crippen LogP contribution >= 0.6 is 0 Å². The van der Waals surface area contributed by atoms with Crippen LogP contribution in [0.5, 0.6) is 5.75 Å².